The molecule has 2 aromatic heterocycles. The molecule has 0 fully saturated rings. The number of aromatic nitrogens is 5. The van der Waals surface area contributed by atoms with Gasteiger partial charge in [0, 0.05) is 50.3 Å². The van der Waals surface area contributed by atoms with Crippen molar-refractivity contribution < 1.29 is 19.0 Å². The maximum absolute atomic E-state index is 11.9. The van der Waals surface area contributed by atoms with Gasteiger partial charge in [0.2, 0.25) is 5.82 Å². The first kappa shape index (κ1) is 25.3. The minimum Gasteiger partial charge on any atom is -0.496 e. The average Bonchev–Trinajstić information content (AvgIpc) is 3.29. The van der Waals surface area contributed by atoms with Crippen LogP contribution in [0.15, 0.2) is 36.7 Å². The molecule has 0 aliphatic heterocycles. The van der Waals surface area contributed by atoms with Crippen molar-refractivity contribution in [3.63, 3.8) is 0 Å². The van der Waals surface area contributed by atoms with Gasteiger partial charge in [-0.2, -0.15) is 0 Å². The summed E-state index contributed by atoms with van der Waals surface area (Å²) in [6.07, 6.45) is 3.69. The van der Waals surface area contributed by atoms with Gasteiger partial charge < -0.3 is 19.5 Å². The third-order valence-electron chi connectivity index (χ3n) is 4.86. The molecule has 0 radical (unpaired) electrons. The Balaban J connectivity index is 1.75. The summed E-state index contributed by atoms with van der Waals surface area (Å²) in [6, 6.07) is 8.13. The maximum atomic E-state index is 11.9. The second-order valence-electron chi connectivity index (χ2n) is 8.97. The maximum Gasteiger partial charge on any atom is 0.412 e. The molecule has 0 aliphatic rings. The Hall–Kier alpha value is -3.31. The number of hydrogen-bond donors (Lipinski definition) is 1. The Morgan fingerprint density at radius 2 is 1.94 bits per heavy atom. The topological polar surface area (TPSA) is 113 Å². The van der Waals surface area contributed by atoms with Gasteiger partial charge in [0.05, 0.1) is 7.11 Å². The average molecular weight is 485 g/mol. The predicted octanol–water partition coefficient (Wildman–Crippen LogP) is 4.22. The second-order valence-corrected chi connectivity index (χ2v) is 14.6. The summed E-state index contributed by atoms with van der Waals surface area (Å²) in [5.74, 6) is 1.45. The quantitative estimate of drug-likeness (QED) is 0.318. The van der Waals surface area contributed by atoms with E-state index in [2.05, 4.69) is 45.4 Å². The summed E-state index contributed by atoms with van der Waals surface area (Å²) in [5.41, 5.74) is 2.18. The van der Waals surface area contributed by atoms with Crippen LogP contribution in [-0.4, -0.2) is 59.6 Å². The number of nitrogens with one attached hydrogen (secondary N) is 1. The lowest BCUT2D eigenvalue weighted by Gasteiger charge is -2.14. The van der Waals surface area contributed by atoms with Gasteiger partial charge in [0.15, 0.2) is 6.73 Å². The van der Waals surface area contributed by atoms with Crippen LogP contribution in [0.4, 0.5) is 4.79 Å². The van der Waals surface area contributed by atoms with Gasteiger partial charge in [-0.05, 0) is 41.9 Å². The van der Waals surface area contributed by atoms with Crippen LogP contribution in [0.5, 0.6) is 11.5 Å². The van der Waals surface area contributed by atoms with Crippen molar-refractivity contribution in [1.82, 2.24) is 30.5 Å². The zero-order valence-electron chi connectivity index (χ0n) is 20.4. The summed E-state index contributed by atoms with van der Waals surface area (Å²) >= 11 is 0. The lowest BCUT2D eigenvalue weighted by molar-refractivity contribution is 0.0674. The number of benzene rings is 1. The van der Waals surface area contributed by atoms with Crippen molar-refractivity contribution >= 4 is 14.2 Å². The van der Waals surface area contributed by atoms with Gasteiger partial charge in [-0.15, -0.1) is 15.0 Å². The molecule has 0 aliphatic carbocycles. The van der Waals surface area contributed by atoms with E-state index in [9.17, 15) is 4.79 Å². The van der Waals surface area contributed by atoms with E-state index in [0.717, 1.165) is 23.6 Å². The van der Waals surface area contributed by atoms with Crippen LogP contribution < -0.4 is 14.8 Å². The SMILES string of the molecule is CCCNC(=O)Oc1ccc(OC)c(-c2cncc(-c3nnn(COCC[Si](C)(C)C)n3)c2)c1. The highest BCUT2D eigenvalue weighted by molar-refractivity contribution is 6.76. The highest BCUT2D eigenvalue weighted by atomic mass is 28.3. The van der Waals surface area contributed by atoms with Crippen molar-refractivity contribution in [3.05, 3.63) is 36.7 Å². The molecular weight excluding hydrogens is 452 g/mol. The molecule has 182 valence electrons. The molecule has 3 aromatic rings. The van der Waals surface area contributed by atoms with E-state index in [0.29, 0.717) is 36.0 Å². The molecule has 0 spiro atoms. The van der Waals surface area contributed by atoms with Crippen LogP contribution in [0, 0.1) is 0 Å². The Morgan fingerprint density at radius 3 is 2.68 bits per heavy atom. The molecule has 34 heavy (non-hydrogen) atoms. The zero-order valence-corrected chi connectivity index (χ0v) is 21.4. The molecule has 1 aromatic carbocycles. The number of tetrazole rings is 1. The number of nitrogens with zero attached hydrogens (tertiary/aromatic N) is 5. The third-order valence-corrected chi connectivity index (χ3v) is 6.57. The van der Waals surface area contributed by atoms with E-state index in [-0.39, 0.29) is 6.73 Å². The first-order valence-electron chi connectivity index (χ1n) is 11.2. The minimum absolute atomic E-state index is 0.248. The number of methoxy groups -OCH3 is 1. The van der Waals surface area contributed by atoms with Crippen molar-refractivity contribution in [1.29, 1.82) is 0 Å². The molecule has 0 bridgehead atoms. The molecule has 0 saturated heterocycles. The summed E-state index contributed by atoms with van der Waals surface area (Å²) in [4.78, 5) is 17.7. The minimum atomic E-state index is -1.15. The van der Waals surface area contributed by atoms with Crippen molar-refractivity contribution in [2.45, 2.75) is 45.8 Å². The highest BCUT2D eigenvalue weighted by Crippen LogP contribution is 2.34. The summed E-state index contributed by atoms with van der Waals surface area (Å²) in [6.45, 7) is 10.4. The number of amides is 1. The molecule has 0 saturated carbocycles. The summed E-state index contributed by atoms with van der Waals surface area (Å²) in [7, 11) is 0.434. The van der Waals surface area contributed by atoms with Crippen LogP contribution in [0.25, 0.3) is 22.5 Å². The van der Waals surface area contributed by atoms with E-state index in [4.69, 9.17) is 14.2 Å². The van der Waals surface area contributed by atoms with Crippen molar-refractivity contribution in [2.24, 2.45) is 0 Å². The highest BCUT2D eigenvalue weighted by Gasteiger charge is 2.15. The monoisotopic (exact) mass is 484 g/mol. The number of pyridine rings is 1. The molecule has 2 heterocycles. The Morgan fingerprint density at radius 1 is 1.15 bits per heavy atom. The largest absolute Gasteiger partial charge is 0.496 e. The van der Waals surface area contributed by atoms with Gasteiger partial charge in [-0.1, -0.05) is 26.6 Å². The fraction of sp³-hybridized carbons (Fsp3) is 0.435. The number of carbonyl (C=O) groups is 1. The van der Waals surface area contributed by atoms with E-state index < -0.39 is 14.2 Å². The lowest BCUT2D eigenvalue weighted by atomic mass is 10.0. The lowest BCUT2D eigenvalue weighted by Crippen LogP contribution is -2.27. The van der Waals surface area contributed by atoms with E-state index in [1.807, 2.05) is 13.0 Å². The number of ether oxygens (including phenoxy) is 3. The predicted molar refractivity (Wildman–Crippen MR) is 131 cm³/mol. The van der Waals surface area contributed by atoms with Crippen LogP contribution in [0.2, 0.25) is 25.7 Å². The van der Waals surface area contributed by atoms with Crippen LogP contribution in [0.3, 0.4) is 0 Å². The molecular formula is C23H32N6O4Si. The second kappa shape index (κ2) is 11.7. The van der Waals surface area contributed by atoms with Crippen LogP contribution >= 0.6 is 0 Å². The van der Waals surface area contributed by atoms with Gasteiger partial charge in [-0.25, -0.2) is 4.79 Å². The number of carbonyl (C=O) groups excluding carboxylic acids is 1. The van der Waals surface area contributed by atoms with E-state index in [1.54, 1.807) is 37.7 Å². The molecule has 1 amide bonds. The van der Waals surface area contributed by atoms with E-state index >= 15 is 0 Å². The Bertz CT molecular complexity index is 1100. The number of hydrogen-bond acceptors (Lipinski definition) is 8. The zero-order chi connectivity index (χ0) is 24.6. The first-order chi connectivity index (χ1) is 16.3. The summed E-state index contributed by atoms with van der Waals surface area (Å²) < 4.78 is 16.6. The van der Waals surface area contributed by atoms with Gasteiger partial charge in [0.25, 0.3) is 0 Å². The molecule has 0 unspecified atom stereocenters. The fourth-order valence-electron chi connectivity index (χ4n) is 2.99. The van der Waals surface area contributed by atoms with Crippen LogP contribution in [0.1, 0.15) is 13.3 Å². The molecule has 3 rings (SSSR count). The van der Waals surface area contributed by atoms with Gasteiger partial charge in [0.1, 0.15) is 11.5 Å². The fourth-order valence-corrected chi connectivity index (χ4v) is 3.75. The first-order valence-corrected chi connectivity index (χ1v) is 14.9. The Kier molecular flexibility index (Phi) is 8.71. The normalized spacial score (nSPS) is 11.3. The van der Waals surface area contributed by atoms with Crippen LogP contribution in [-0.2, 0) is 11.5 Å². The third kappa shape index (κ3) is 7.35. The molecule has 1 N–H and O–H groups in total. The van der Waals surface area contributed by atoms with Crippen molar-refractivity contribution in [3.8, 4) is 34.0 Å². The number of rotatable bonds is 11. The molecule has 11 heteroatoms. The summed E-state index contributed by atoms with van der Waals surface area (Å²) in [5, 5.41) is 15.3. The van der Waals surface area contributed by atoms with Gasteiger partial charge >= 0.3 is 6.09 Å². The van der Waals surface area contributed by atoms with E-state index in [1.165, 1.54) is 4.80 Å². The van der Waals surface area contributed by atoms with Crippen molar-refractivity contribution in [2.75, 3.05) is 20.3 Å². The standard InChI is InChI=1S/C23H32N6O4Si/c1-6-9-25-23(30)33-19-7-8-21(31-2)20(13-19)17-12-18(15-24-14-17)22-26-28-29(27-22)16-32-10-11-34(3,4)5/h7-8,12-15H,6,9-11,16H2,1-5H3,(H,25,30). The smallest absolute Gasteiger partial charge is 0.412 e. The molecule has 10 nitrogen and oxygen atoms in total. The Labute approximate surface area is 200 Å². The molecule has 0 atom stereocenters. The van der Waals surface area contributed by atoms with Gasteiger partial charge in [-0.3, -0.25) is 4.98 Å².